The predicted molar refractivity (Wildman–Crippen MR) is 52.6 cm³/mol. The molecule has 1 rings (SSSR count). The van der Waals surface area contributed by atoms with Crippen LogP contribution in [0.2, 0.25) is 0 Å². The van der Waals surface area contributed by atoms with Gasteiger partial charge in [-0.05, 0) is 32.6 Å². The maximum absolute atomic E-state index is 11.5. The molecule has 0 radical (unpaired) electrons. The Balaban J connectivity index is 2.22. The monoisotopic (exact) mass is 184 g/mol. The molecule has 0 saturated heterocycles. The van der Waals surface area contributed by atoms with Crippen molar-refractivity contribution in [1.82, 2.24) is 0 Å². The number of methoxy groups -OCH3 is 1. The standard InChI is InChI=1S/C11H20O2/c1-8-7-9(8)10(12)5-6-11(2,3)13-4/h8-9H,5-7H2,1-4H3. The number of rotatable bonds is 5. The molecule has 0 aromatic heterocycles. The van der Waals surface area contributed by atoms with Gasteiger partial charge in [-0.25, -0.2) is 0 Å². The van der Waals surface area contributed by atoms with Gasteiger partial charge in [0.05, 0.1) is 5.60 Å². The Morgan fingerprint density at radius 1 is 1.54 bits per heavy atom. The molecule has 2 unspecified atom stereocenters. The largest absolute Gasteiger partial charge is 0.379 e. The van der Waals surface area contributed by atoms with E-state index in [-0.39, 0.29) is 5.60 Å². The summed E-state index contributed by atoms with van der Waals surface area (Å²) in [4.78, 5) is 11.5. The van der Waals surface area contributed by atoms with Crippen LogP contribution in [-0.4, -0.2) is 18.5 Å². The average molecular weight is 184 g/mol. The molecule has 0 spiro atoms. The summed E-state index contributed by atoms with van der Waals surface area (Å²) in [7, 11) is 1.70. The molecule has 1 aliphatic rings. The second kappa shape index (κ2) is 3.79. The fourth-order valence-corrected chi connectivity index (χ4v) is 1.48. The van der Waals surface area contributed by atoms with Crippen LogP contribution in [0.4, 0.5) is 0 Å². The first-order valence-corrected chi connectivity index (χ1v) is 5.04. The van der Waals surface area contributed by atoms with Crippen molar-refractivity contribution in [1.29, 1.82) is 0 Å². The fraction of sp³-hybridized carbons (Fsp3) is 0.909. The summed E-state index contributed by atoms with van der Waals surface area (Å²) in [6, 6.07) is 0. The van der Waals surface area contributed by atoms with Crippen LogP contribution in [0.5, 0.6) is 0 Å². The summed E-state index contributed by atoms with van der Waals surface area (Å²) < 4.78 is 5.26. The average Bonchev–Trinajstić information content (AvgIpc) is 2.79. The Bertz CT molecular complexity index is 196. The molecule has 0 bridgehead atoms. The van der Waals surface area contributed by atoms with Crippen molar-refractivity contribution in [3.63, 3.8) is 0 Å². The van der Waals surface area contributed by atoms with Gasteiger partial charge in [-0.15, -0.1) is 0 Å². The summed E-state index contributed by atoms with van der Waals surface area (Å²) in [5, 5.41) is 0. The van der Waals surface area contributed by atoms with Gasteiger partial charge >= 0.3 is 0 Å². The summed E-state index contributed by atoms with van der Waals surface area (Å²) in [5.74, 6) is 1.43. The Kier molecular flexibility index (Phi) is 3.12. The predicted octanol–water partition coefficient (Wildman–Crippen LogP) is 2.42. The highest BCUT2D eigenvalue weighted by molar-refractivity contribution is 5.83. The number of hydrogen-bond donors (Lipinski definition) is 0. The van der Waals surface area contributed by atoms with E-state index < -0.39 is 0 Å². The number of Topliss-reactive ketones (excluding diaryl/α,β-unsaturated/α-hetero) is 1. The van der Waals surface area contributed by atoms with Crippen LogP contribution in [-0.2, 0) is 9.53 Å². The SMILES string of the molecule is COC(C)(C)CCC(=O)C1CC1C. The van der Waals surface area contributed by atoms with Crippen LogP contribution in [0.25, 0.3) is 0 Å². The van der Waals surface area contributed by atoms with Gasteiger partial charge in [-0.1, -0.05) is 6.92 Å². The summed E-state index contributed by atoms with van der Waals surface area (Å²) in [6.45, 7) is 6.19. The maximum atomic E-state index is 11.5. The molecule has 76 valence electrons. The third-order valence-corrected chi connectivity index (χ3v) is 3.05. The topological polar surface area (TPSA) is 26.3 Å². The van der Waals surface area contributed by atoms with Gasteiger partial charge in [0.2, 0.25) is 0 Å². The molecule has 1 fully saturated rings. The van der Waals surface area contributed by atoms with E-state index in [0.29, 0.717) is 24.0 Å². The number of carbonyl (C=O) groups is 1. The first-order chi connectivity index (χ1) is 5.96. The molecule has 2 atom stereocenters. The lowest BCUT2D eigenvalue weighted by molar-refractivity contribution is -0.121. The number of ether oxygens (including phenoxy) is 1. The normalized spacial score (nSPS) is 27.4. The van der Waals surface area contributed by atoms with E-state index in [4.69, 9.17) is 4.74 Å². The number of ketones is 1. The van der Waals surface area contributed by atoms with Gasteiger partial charge in [-0.3, -0.25) is 4.79 Å². The lowest BCUT2D eigenvalue weighted by Gasteiger charge is -2.22. The molecule has 13 heavy (non-hydrogen) atoms. The van der Waals surface area contributed by atoms with Gasteiger partial charge in [0.1, 0.15) is 5.78 Å². The van der Waals surface area contributed by atoms with Crippen molar-refractivity contribution in [2.75, 3.05) is 7.11 Å². The maximum Gasteiger partial charge on any atom is 0.136 e. The van der Waals surface area contributed by atoms with Gasteiger partial charge in [-0.2, -0.15) is 0 Å². The van der Waals surface area contributed by atoms with Crippen molar-refractivity contribution in [2.24, 2.45) is 11.8 Å². The highest BCUT2D eigenvalue weighted by Gasteiger charge is 2.38. The minimum Gasteiger partial charge on any atom is -0.379 e. The van der Waals surface area contributed by atoms with Crippen molar-refractivity contribution < 1.29 is 9.53 Å². The van der Waals surface area contributed by atoms with E-state index in [0.717, 1.165) is 12.8 Å². The zero-order valence-electron chi connectivity index (χ0n) is 9.09. The summed E-state index contributed by atoms with van der Waals surface area (Å²) in [6.07, 6.45) is 2.62. The van der Waals surface area contributed by atoms with Crippen LogP contribution in [0.1, 0.15) is 40.0 Å². The van der Waals surface area contributed by atoms with Crippen molar-refractivity contribution in [3.05, 3.63) is 0 Å². The first kappa shape index (κ1) is 10.7. The molecule has 0 heterocycles. The first-order valence-electron chi connectivity index (χ1n) is 5.04. The van der Waals surface area contributed by atoms with E-state index in [1.165, 1.54) is 0 Å². The van der Waals surface area contributed by atoms with Crippen LogP contribution in [0.15, 0.2) is 0 Å². The van der Waals surface area contributed by atoms with Crippen molar-refractivity contribution in [3.8, 4) is 0 Å². The smallest absolute Gasteiger partial charge is 0.136 e. The molecule has 0 aliphatic heterocycles. The zero-order valence-corrected chi connectivity index (χ0v) is 9.09. The zero-order chi connectivity index (χ0) is 10.1. The van der Waals surface area contributed by atoms with Crippen molar-refractivity contribution in [2.45, 2.75) is 45.6 Å². The van der Waals surface area contributed by atoms with Gasteiger partial charge in [0.15, 0.2) is 0 Å². The van der Waals surface area contributed by atoms with E-state index in [1.807, 2.05) is 13.8 Å². The third kappa shape index (κ3) is 3.11. The van der Waals surface area contributed by atoms with E-state index in [2.05, 4.69) is 6.92 Å². The third-order valence-electron chi connectivity index (χ3n) is 3.05. The molecule has 0 amide bonds. The number of carbonyl (C=O) groups excluding carboxylic acids is 1. The Morgan fingerprint density at radius 3 is 2.46 bits per heavy atom. The molecular formula is C11H20O2. The highest BCUT2D eigenvalue weighted by Crippen LogP contribution is 2.39. The van der Waals surface area contributed by atoms with Crippen LogP contribution in [0, 0.1) is 11.8 Å². The van der Waals surface area contributed by atoms with Gasteiger partial charge in [0.25, 0.3) is 0 Å². The highest BCUT2D eigenvalue weighted by atomic mass is 16.5. The second-order valence-corrected chi connectivity index (χ2v) is 4.75. The van der Waals surface area contributed by atoms with Crippen LogP contribution in [0.3, 0.4) is 0 Å². The fourth-order valence-electron chi connectivity index (χ4n) is 1.48. The minimum absolute atomic E-state index is 0.145. The molecular weight excluding hydrogens is 164 g/mol. The van der Waals surface area contributed by atoms with Crippen LogP contribution < -0.4 is 0 Å². The minimum atomic E-state index is -0.145. The van der Waals surface area contributed by atoms with Crippen LogP contribution >= 0.6 is 0 Å². The Labute approximate surface area is 80.7 Å². The Hall–Kier alpha value is -0.370. The molecule has 2 heteroatoms. The summed E-state index contributed by atoms with van der Waals surface area (Å²) >= 11 is 0. The molecule has 0 aromatic rings. The molecule has 0 N–H and O–H groups in total. The molecule has 1 saturated carbocycles. The quantitative estimate of drug-likeness (QED) is 0.656. The van der Waals surface area contributed by atoms with E-state index >= 15 is 0 Å². The van der Waals surface area contributed by atoms with E-state index in [9.17, 15) is 4.79 Å². The Morgan fingerprint density at radius 2 is 2.08 bits per heavy atom. The van der Waals surface area contributed by atoms with Gasteiger partial charge in [0, 0.05) is 19.4 Å². The van der Waals surface area contributed by atoms with Crippen molar-refractivity contribution >= 4 is 5.78 Å². The summed E-state index contributed by atoms with van der Waals surface area (Å²) in [5.41, 5.74) is -0.145. The second-order valence-electron chi connectivity index (χ2n) is 4.75. The van der Waals surface area contributed by atoms with E-state index in [1.54, 1.807) is 7.11 Å². The molecule has 0 aromatic carbocycles. The molecule has 2 nitrogen and oxygen atoms in total. The van der Waals surface area contributed by atoms with Gasteiger partial charge < -0.3 is 4.74 Å². The lowest BCUT2D eigenvalue weighted by atomic mass is 9.99. The lowest BCUT2D eigenvalue weighted by Crippen LogP contribution is -2.23. The molecule has 1 aliphatic carbocycles. The number of hydrogen-bond acceptors (Lipinski definition) is 2.